The van der Waals surface area contributed by atoms with E-state index in [2.05, 4.69) is 14.9 Å². The van der Waals surface area contributed by atoms with Gasteiger partial charge in [0.25, 0.3) is 5.91 Å². The SMILES string of the molecule is CC(C)c1ncc(C(=O)N2CCN(C(c3ccc(F)cc3)c3ccc(F)cc3)CC2)[nH]1. The summed E-state index contributed by atoms with van der Waals surface area (Å²) in [4.78, 5) is 24.4. The average Bonchev–Trinajstić information content (AvgIpc) is 3.27. The van der Waals surface area contributed by atoms with Crippen LogP contribution in [0.3, 0.4) is 0 Å². The third-order valence-corrected chi connectivity index (χ3v) is 5.71. The number of aromatic nitrogens is 2. The second-order valence-electron chi connectivity index (χ2n) is 8.17. The second kappa shape index (κ2) is 8.98. The molecule has 5 nitrogen and oxygen atoms in total. The number of rotatable bonds is 5. The number of halogens is 2. The van der Waals surface area contributed by atoms with Crippen LogP contribution in [-0.4, -0.2) is 51.9 Å². The van der Waals surface area contributed by atoms with Crippen molar-refractivity contribution in [3.8, 4) is 0 Å². The van der Waals surface area contributed by atoms with E-state index < -0.39 is 0 Å². The molecule has 1 amide bonds. The molecule has 0 saturated carbocycles. The fraction of sp³-hybridized carbons (Fsp3) is 0.333. The number of hydrogen-bond acceptors (Lipinski definition) is 3. The average molecular weight is 424 g/mol. The van der Waals surface area contributed by atoms with Crippen molar-refractivity contribution in [2.75, 3.05) is 26.2 Å². The van der Waals surface area contributed by atoms with Crippen LogP contribution in [0.5, 0.6) is 0 Å². The molecule has 1 saturated heterocycles. The molecule has 31 heavy (non-hydrogen) atoms. The van der Waals surface area contributed by atoms with Crippen molar-refractivity contribution < 1.29 is 13.6 Å². The Morgan fingerprint density at radius 3 is 1.87 bits per heavy atom. The summed E-state index contributed by atoms with van der Waals surface area (Å²) in [6, 6.07) is 12.7. The van der Waals surface area contributed by atoms with Crippen molar-refractivity contribution in [2.45, 2.75) is 25.8 Å². The van der Waals surface area contributed by atoms with E-state index in [0.717, 1.165) is 17.0 Å². The third-order valence-electron chi connectivity index (χ3n) is 5.71. The summed E-state index contributed by atoms with van der Waals surface area (Å²) >= 11 is 0. The molecule has 1 N–H and O–H groups in total. The van der Waals surface area contributed by atoms with Gasteiger partial charge in [-0.25, -0.2) is 13.8 Å². The number of aromatic amines is 1. The summed E-state index contributed by atoms with van der Waals surface area (Å²) in [5.41, 5.74) is 2.37. The van der Waals surface area contributed by atoms with Gasteiger partial charge in [-0.2, -0.15) is 0 Å². The van der Waals surface area contributed by atoms with Gasteiger partial charge in [-0.05, 0) is 35.4 Å². The maximum Gasteiger partial charge on any atom is 0.272 e. The number of H-pyrrole nitrogens is 1. The predicted octanol–water partition coefficient (Wildman–Crippen LogP) is 4.36. The molecule has 0 spiro atoms. The van der Waals surface area contributed by atoms with Crippen LogP contribution in [0.15, 0.2) is 54.7 Å². The van der Waals surface area contributed by atoms with E-state index in [1.54, 1.807) is 30.5 Å². The zero-order valence-corrected chi connectivity index (χ0v) is 17.7. The van der Waals surface area contributed by atoms with Crippen LogP contribution in [0.2, 0.25) is 0 Å². The lowest BCUT2D eigenvalue weighted by molar-refractivity contribution is 0.0592. The summed E-state index contributed by atoms with van der Waals surface area (Å²) in [6.45, 7) is 6.47. The minimum Gasteiger partial charge on any atom is -0.338 e. The first-order valence-corrected chi connectivity index (χ1v) is 10.5. The summed E-state index contributed by atoms with van der Waals surface area (Å²) in [6.07, 6.45) is 1.60. The Kier molecular flexibility index (Phi) is 6.13. The van der Waals surface area contributed by atoms with Crippen molar-refractivity contribution in [3.05, 3.63) is 89.0 Å². The number of nitrogens with one attached hydrogen (secondary N) is 1. The smallest absolute Gasteiger partial charge is 0.272 e. The molecule has 0 bridgehead atoms. The zero-order chi connectivity index (χ0) is 22.0. The Labute approximate surface area is 180 Å². The fourth-order valence-corrected chi connectivity index (χ4v) is 4.00. The lowest BCUT2D eigenvalue weighted by Crippen LogP contribution is -2.50. The van der Waals surface area contributed by atoms with E-state index in [0.29, 0.717) is 31.9 Å². The molecule has 0 unspecified atom stereocenters. The molecule has 2 aromatic carbocycles. The van der Waals surface area contributed by atoms with E-state index in [9.17, 15) is 13.6 Å². The number of nitrogens with zero attached hydrogens (tertiary/aromatic N) is 3. The Balaban J connectivity index is 1.51. The first kappa shape index (κ1) is 21.2. The summed E-state index contributed by atoms with van der Waals surface area (Å²) in [7, 11) is 0. The Morgan fingerprint density at radius 1 is 0.903 bits per heavy atom. The van der Waals surface area contributed by atoms with Gasteiger partial charge in [-0.1, -0.05) is 38.1 Å². The molecule has 0 aliphatic carbocycles. The highest BCUT2D eigenvalue weighted by Crippen LogP contribution is 2.30. The number of carbonyl (C=O) groups excluding carboxylic acids is 1. The Hall–Kier alpha value is -3.06. The first-order chi connectivity index (χ1) is 14.9. The van der Waals surface area contributed by atoms with Gasteiger partial charge >= 0.3 is 0 Å². The normalized spacial score (nSPS) is 15.1. The molecule has 1 aromatic heterocycles. The van der Waals surface area contributed by atoms with Crippen molar-refractivity contribution in [1.82, 2.24) is 19.8 Å². The van der Waals surface area contributed by atoms with Gasteiger partial charge in [0.15, 0.2) is 0 Å². The molecule has 1 aliphatic heterocycles. The molecular weight excluding hydrogens is 398 g/mol. The lowest BCUT2D eigenvalue weighted by atomic mass is 9.96. The zero-order valence-electron chi connectivity index (χ0n) is 17.7. The van der Waals surface area contributed by atoms with Crippen LogP contribution in [0.1, 0.15) is 53.2 Å². The number of imidazole rings is 1. The van der Waals surface area contributed by atoms with Crippen LogP contribution < -0.4 is 0 Å². The van der Waals surface area contributed by atoms with Gasteiger partial charge in [0.1, 0.15) is 23.2 Å². The van der Waals surface area contributed by atoms with Gasteiger partial charge in [-0.15, -0.1) is 0 Å². The maximum absolute atomic E-state index is 13.5. The number of piperazine rings is 1. The molecular formula is C24H26F2N4O. The van der Waals surface area contributed by atoms with Gasteiger partial charge in [-0.3, -0.25) is 9.69 Å². The van der Waals surface area contributed by atoms with Gasteiger partial charge < -0.3 is 9.88 Å². The largest absolute Gasteiger partial charge is 0.338 e. The number of benzene rings is 2. The molecule has 0 atom stereocenters. The van der Waals surface area contributed by atoms with Crippen LogP contribution in [0.25, 0.3) is 0 Å². The van der Waals surface area contributed by atoms with E-state index in [-0.39, 0.29) is 29.5 Å². The molecule has 7 heteroatoms. The monoisotopic (exact) mass is 424 g/mol. The standard InChI is InChI=1S/C24H26F2N4O/c1-16(2)23-27-15-21(28-23)24(31)30-13-11-29(12-14-30)22(17-3-7-19(25)8-4-17)18-5-9-20(26)10-6-18/h3-10,15-16,22H,11-14H2,1-2H3,(H,27,28). The highest BCUT2D eigenvalue weighted by atomic mass is 19.1. The van der Waals surface area contributed by atoms with Crippen molar-refractivity contribution in [1.29, 1.82) is 0 Å². The van der Waals surface area contributed by atoms with Crippen molar-refractivity contribution >= 4 is 5.91 Å². The van der Waals surface area contributed by atoms with Crippen molar-refractivity contribution in [2.24, 2.45) is 0 Å². The van der Waals surface area contributed by atoms with Crippen LogP contribution in [0, 0.1) is 11.6 Å². The van der Waals surface area contributed by atoms with Gasteiger partial charge in [0, 0.05) is 32.1 Å². The molecule has 1 fully saturated rings. The highest BCUT2D eigenvalue weighted by molar-refractivity contribution is 5.92. The molecule has 4 rings (SSSR count). The molecule has 3 aromatic rings. The van der Waals surface area contributed by atoms with E-state index in [4.69, 9.17) is 0 Å². The lowest BCUT2D eigenvalue weighted by Gasteiger charge is -2.39. The highest BCUT2D eigenvalue weighted by Gasteiger charge is 2.29. The Morgan fingerprint density at radius 2 is 1.42 bits per heavy atom. The van der Waals surface area contributed by atoms with Crippen LogP contribution in [-0.2, 0) is 0 Å². The second-order valence-corrected chi connectivity index (χ2v) is 8.17. The van der Waals surface area contributed by atoms with Crippen LogP contribution >= 0.6 is 0 Å². The topological polar surface area (TPSA) is 52.2 Å². The minimum absolute atomic E-state index is 0.0563. The molecule has 1 aliphatic rings. The number of hydrogen-bond donors (Lipinski definition) is 1. The quantitative estimate of drug-likeness (QED) is 0.662. The molecule has 162 valence electrons. The molecule has 0 radical (unpaired) electrons. The number of amides is 1. The third kappa shape index (κ3) is 4.66. The molecule has 2 heterocycles. The maximum atomic E-state index is 13.5. The Bertz CT molecular complexity index is 977. The van der Waals surface area contributed by atoms with Crippen molar-refractivity contribution in [3.63, 3.8) is 0 Å². The number of carbonyl (C=O) groups is 1. The summed E-state index contributed by atoms with van der Waals surface area (Å²) in [5, 5.41) is 0. The minimum atomic E-state index is -0.294. The van der Waals surface area contributed by atoms with E-state index >= 15 is 0 Å². The van der Waals surface area contributed by atoms with Crippen LogP contribution in [0.4, 0.5) is 8.78 Å². The summed E-state index contributed by atoms with van der Waals surface area (Å²) in [5.74, 6) is 0.383. The van der Waals surface area contributed by atoms with E-state index in [1.807, 2.05) is 18.7 Å². The summed E-state index contributed by atoms with van der Waals surface area (Å²) < 4.78 is 27.0. The first-order valence-electron chi connectivity index (χ1n) is 10.5. The predicted molar refractivity (Wildman–Crippen MR) is 115 cm³/mol. The van der Waals surface area contributed by atoms with Gasteiger partial charge in [0.05, 0.1) is 12.2 Å². The van der Waals surface area contributed by atoms with E-state index in [1.165, 1.54) is 24.3 Å². The fourth-order valence-electron chi connectivity index (χ4n) is 4.00. The van der Waals surface area contributed by atoms with Gasteiger partial charge in [0.2, 0.25) is 0 Å².